The molecule has 2 nitrogen and oxygen atoms in total. The average Bonchev–Trinajstić information content (AvgIpc) is 2.80. The van der Waals surface area contributed by atoms with Crippen molar-refractivity contribution in [2.75, 3.05) is 0 Å². The van der Waals surface area contributed by atoms with E-state index in [1.165, 1.54) is 25.7 Å². The van der Waals surface area contributed by atoms with Gasteiger partial charge in [-0.05, 0) is 36.5 Å². The molecule has 2 aliphatic rings. The molecule has 1 N–H and O–H groups in total. The van der Waals surface area contributed by atoms with E-state index < -0.39 is 5.97 Å². The fraction of sp³-hybridized carbons (Fsp3) is 0.917. The second-order valence-corrected chi connectivity index (χ2v) is 5.86. The van der Waals surface area contributed by atoms with Gasteiger partial charge in [-0.25, -0.2) is 0 Å². The summed E-state index contributed by atoms with van der Waals surface area (Å²) in [6.07, 6.45) is 6.05. The quantitative estimate of drug-likeness (QED) is 0.737. The lowest BCUT2D eigenvalue weighted by atomic mass is 9.70. The van der Waals surface area contributed by atoms with Crippen molar-refractivity contribution in [3.63, 3.8) is 0 Å². The molecule has 0 saturated heterocycles. The molecule has 2 saturated carbocycles. The van der Waals surface area contributed by atoms with Crippen LogP contribution in [0.15, 0.2) is 0 Å². The highest BCUT2D eigenvalue weighted by Gasteiger charge is 2.49. The summed E-state index contributed by atoms with van der Waals surface area (Å²) in [5, 5.41) is 8.88. The van der Waals surface area contributed by atoms with Crippen LogP contribution >= 0.6 is 0 Å². The lowest BCUT2D eigenvalue weighted by molar-refractivity contribution is -0.139. The van der Waals surface area contributed by atoms with Gasteiger partial charge in [0.05, 0.1) is 5.92 Å². The minimum Gasteiger partial charge on any atom is -0.481 e. The SMILES string of the molecule is CC1(C)CCCC(C2CC2C(=O)O)C1. The summed E-state index contributed by atoms with van der Waals surface area (Å²) < 4.78 is 0. The van der Waals surface area contributed by atoms with Crippen molar-refractivity contribution in [1.82, 2.24) is 0 Å². The maximum Gasteiger partial charge on any atom is 0.306 e. The van der Waals surface area contributed by atoms with Gasteiger partial charge in [-0.3, -0.25) is 4.79 Å². The Labute approximate surface area is 85.7 Å². The standard InChI is InChI=1S/C12H20O2/c1-12(2)5-3-4-8(7-12)9-6-10(9)11(13)14/h8-10H,3-7H2,1-2H3,(H,13,14). The topological polar surface area (TPSA) is 37.3 Å². The van der Waals surface area contributed by atoms with Crippen LogP contribution in [0.2, 0.25) is 0 Å². The Kier molecular flexibility index (Phi) is 2.32. The Bertz CT molecular complexity index is 245. The van der Waals surface area contributed by atoms with Gasteiger partial charge in [-0.1, -0.05) is 26.7 Å². The highest BCUT2D eigenvalue weighted by atomic mass is 16.4. The van der Waals surface area contributed by atoms with Crippen molar-refractivity contribution in [1.29, 1.82) is 0 Å². The summed E-state index contributed by atoms with van der Waals surface area (Å²) in [4.78, 5) is 10.8. The van der Waals surface area contributed by atoms with Gasteiger partial charge in [-0.2, -0.15) is 0 Å². The molecule has 2 fully saturated rings. The van der Waals surface area contributed by atoms with Crippen LogP contribution in [0.5, 0.6) is 0 Å². The molecule has 0 aromatic rings. The third-order valence-electron chi connectivity index (χ3n) is 4.01. The van der Waals surface area contributed by atoms with Crippen LogP contribution in [0.25, 0.3) is 0 Å². The molecule has 3 atom stereocenters. The molecule has 0 bridgehead atoms. The van der Waals surface area contributed by atoms with Crippen LogP contribution in [0.4, 0.5) is 0 Å². The van der Waals surface area contributed by atoms with Crippen molar-refractivity contribution in [3.8, 4) is 0 Å². The zero-order chi connectivity index (χ0) is 10.3. The van der Waals surface area contributed by atoms with Crippen molar-refractivity contribution in [3.05, 3.63) is 0 Å². The molecule has 14 heavy (non-hydrogen) atoms. The maximum absolute atomic E-state index is 10.8. The first-order valence-corrected chi connectivity index (χ1v) is 5.72. The maximum atomic E-state index is 10.8. The second kappa shape index (κ2) is 3.25. The summed E-state index contributed by atoms with van der Waals surface area (Å²) in [7, 11) is 0. The minimum atomic E-state index is -0.571. The van der Waals surface area contributed by atoms with E-state index in [1.807, 2.05) is 0 Å². The van der Waals surface area contributed by atoms with Gasteiger partial charge in [0.25, 0.3) is 0 Å². The van der Waals surface area contributed by atoms with Gasteiger partial charge in [0.1, 0.15) is 0 Å². The number of carbonyl (C=O) groups is 1. The van der Waals surface area contributed by atoms with Crippen LogP contribution < -0.4 is 0 Å². The molecule has 2 heteroatoms. The van der Waals surface area contributed by atoms with Crippen molar-refractivity contribution >= 4 is 5.97 Å². The van der Waals surface area contributed by atoms with Gasteiger partial charge >= 0.3 is 5.97 Å². The summed E-state index contributed by atoms with van der Waals surface area (Å²) >= 11 is 0. The zero-order valence-electron chi connectivity index (χ0n) is 9.12. The van der Waals surface area contributed by atoms with Gasteiger partial charge in [-0.15, -0.1) is 0 Å². The predicted octanol–water partition coefficient (Wildman–Crippen LogP) is 2.92. The minimum absolute atomic E-state index is 0.00565. The third-order valence-corrected chi connectivity index (χ3v) is 4.01. The molecular weight excluding hydrogens is 176 g/mol. The fourth-order valence-electron chi connectivity index (χ4n) is 3.14. The van der Waals surface area contributed by atoms with Crippen LogP contribution in [-0.2, 0) is 4.79 Å². The van der Waals surface area contributed by atoms with E-state index in [4.69, 9.17) is 5.11 Å². The summed E-state index contributed by atoms with van der Waals surface area (Å²) in [6, 6.07) is 0. The van der Waals surface area contributed by atoms with Crippen LogP contribution in [0.3, 0.4) is 0 Å². The highest BCUT2D eigenvalue weighted by molar-refractivity contribution is 5.73. The molecule has 0 heterocycles. The summed E-state index contributed by atoms with van der Waals surface area (Å²) in [6.45, 7) is 4.63. The number of hydrogen-bond donors (Lipinski definition) is 1. The molecule has 80 valence electrons. The van der Waals surface area contributed by atoms with E-state index in [1.54, 1.807) is 0 Å². The Hall–Kier alpha value is -0.530. The lowest BCUT2D eigenvalue weighted by Crippen LogP contribution is -2.24. The number of carboxylic acid groups (broad SMARTS) is 1. The number of rotatable bonds is 2. The van der Waals surface area contributed by atoms with Gasteiger partial charge < -0.3 is 5.11 Å². The molecule has 0 amide bonds. The van der Waals surface area contributed by atoms with Crippen LogP contribution in [0, 0.1) is 23.2 Å². The van der Waals surface area contributed by atoms with E-state index in [0.29, 0.717) is 17.3 Å². The highest BCUT2D eigenvalue weighted by Crippen LogP contribution is 2.52. The first kappa shape index (κ1) is 10.0. The zero-order valence-corrected chi connectivity index (χ0v) is 9.12. The Morgan fingerprint density at radius 2 is 2.14 bits per heavy atom. The second-order valence-electron chi connectivity index (χ2n) is 5.86. The van der Waals surface area contributed by atoms with E-state index in [9.17, 15) is 4.79 Å². The van der Waals surface area contributed by atoms with Crippen molar-refractivity contribution < 1.29 is 9.90 Å². The molecular formula is C12H20O2. The predicted molar refractivity (Wildman–Crippen MR) is 55.0 cm³/mol. The molecule has 0 spiro atoms. The first-order valence-electron chi connectivity index (χ1n) is 5.72. The largest absolute Gasteiger partial charge is 0.481 e. The summed E-state index contributed by atoms with van der Waals surface area (Å²) in [5.74, 6) is 0.624. The summed E-state index contributed by atoms with van der Waals surface area (Å²) in [5.41, 5.74) is 0.453. The van der Waals surface area contributed by atoms with Crippen LogP contribution in [0.1, 0.15) is 46.0 Å². The number of carboxylic acids is 1. The molecule has 0 aromatic carbocycles. The number of aliphatic carboxylic acids is 1. The lowest BCUT2D eigenvalue weighted by Gasteiger charge is -2.35. The molecule has 2 aliphatic carbocycles. The molecule has 0 radical (unpaired) electrons. The Morgan fingerprint density at radius 1 is 1.43 bits per heavy atom. The first-order chi connectivity index (χ1) is 6.49. The molecule has 0 aliphatic heterocycles. The normalized spacial score (nSPS) is 40.6. The Balaban J connectivity index is 1.91. The van der Waals surface area contributed by atoms with E-state index in [0.717, 1.165) is 6.42 Å². The van der Waals surface area contributed by atoms with Crippen molar-refractivity contribution in [2.45, 2.75) is 46.0 Å². The monoisotopic (exact) mass is 196 g/mol. The number of hydrogen-bond acceptors (Lipinski definition) is 1. The Morgan fingerprint density at radius 3 is 2.64 bits per heavy atom. The van der Waals surface area contributed by atoms with E-state index >= 15 is 0 Å². The van der Waals surface area contributed by atoms with Gasteiger partial charge in [0.2, 0.25) is 0 Å². The fourth-order valence-corrected chi connectivity index (χ4v) is 3.14. The van der Waals surface area contributed by atoms with E-state index in [-0.39, 0.29) is 5.92 Å². The van der Waals surface area contributed by atoms with Crippen molar-refractivity contribution in [2.24, 2.45) is 23.2 Å². The molecule has 2 rings (SSSR count). The third kappa shape index (κ3) is 1.94. The average molecular weight is 196 g/mol. The van der Waals surface area contributed by atoms with Gasteiger partial charge in [0.15, 0.2) is 0 Å². The molecule has 0 aromatic heterocycles. The van der Waals surface area contributed by atoms with Crippen LogP contribution in [-0.4, -0.2) is 11.1 Å². The van der Waals surface area contributed by atoms with Gasteiger partial charge in [0, 0.05) is 0 Å². The molecule has 3 unspecified atom stereocenters. The van der Waals surface area contributed by atoms with E-state index in [2.05, 4.69) is 13.8 Å². The smallest absolute Gasteiger partial charge is 0.306 e.